The summed E-state index contributed by atoms with van der Waals surface area (Å²) < 4.78 is 77.0. The minimum atomic E-state index is -5.85. The molecule has 0 amide bonds. The van der Waals surface area contributed by atoms with E-state index in [0.717, 1.165) is 36.2 Å². The third kappa shape index (κ3) is 3.91. The molecule has 0 spiro atoms. The molecule has 1 rings (SSSR count). The van der Waals surface area contributed by atoms with Gasteiger partial charge in [0.15, 0.2) is 0 Å². The van der Waals surface area contributed by atoms with Gasteiger partial charge in [0.2, 0.25) is 0 Å². The van der Waals surface area contributed by atoms with Crippen molar-refractivity contribution in [1.82, 2.24) is 0 Å². The first-order valence-electron chi connectivity index (χ1n) is 7.24. The van der Waals surface area contributed by atoms with Gasteiger partial charge in [0, 0.05) is 5.56 Å². The summed E-state index contributed by atoms with van der Waals surface area (Å²) in [5.74, 6) is 0. The molecule has 1 N–H and O–H groups in total. The van der Waals surface area contributed by atoms with Crippen LogP contribution in [0.4, 0.5) is 26.3 Å². The third-order valence-corrected chi connectivity index (χ3v) is 7.56. The topological polar surface area (TPSA) is 20.2 Å². The highest BCUT2D eigenvalue weighted by Crippen LogP contribution is 2.49. The second-order valence-corrected chi connectivity index (χ2v) is 11.1. The Balaban J connectivity index is 3.25. The van der Waals surface area contributed by atoms with Crippen LogP contribution in [0.3, 0.4) is 0 Å². The first kappa shape index (κ1) is 20.0. The van der Waals surface area contributed by atoms with Gasteiger partial charge >= 0.3 is 12.4 Å². The largest absolute Gasteiger partial charge is 0.430 e. The van der Waals surface area contributed by atoms with Crippen LogP contribution in [-0.4, -0.2) is 25.5 Å². The molecule has 0 heterocycles. The third-order valence-electron chi connectivity index (χ3n) is 4.06. The quantitative estimate of drug-likeness (QED) is 0.597. The number of rotatable bonds is 5. The van der Waals surface area contributed by atoms with Crippen molar-refractivity contribution in [1.29, 1.82) is 0 Å². The minimum absolute atomic E-state index is 0.733. The molecule has 23 heavy (non-hydrogen) atoms. The fourth-order valence-corrected chi connectivity index (χ4v) is 5.01. The van der Waals surface area contributed by atoms with Gasteiger partial charge in [-0.1, -0.05) is 68.4 Å². The van der Waals surface area contributed by atoms with Gasteiger partial charge in [-0.15, -0.1) is 0 Å². The summed E-state index contributed by atoms with van der Waals surface area (Å²) in [6.07, 6.45) is -9.77. The van der Waals surface area contributed by atoms with Crippen LogP contribution in [0, 0.1) is 0 Å². The zero-order chi connectivity index (χ0) is 18.1. The molecule has 8 heteroatoms. The minimum Gasteiger partial charge on any atom is -0.369 e. The van der Waals surface area contributed by atoms with Crippen molar-refractivity contribution in [3.63, 3.8) is 0 Å². The Labute approximate surface area is 132 Å². The molecule has 0 aliphatic heterocycles. The predicted octanol–water partition coefficient (Wildman–Crippen LogP) is 4.71. The van der Waals surface area contributed by atoms with Crippen LogP contribution >= 0.6 is 0 Å². The molecule has 0 aliphatic carbocycles. The summed E-state index contributed by atoms with van der Waals surface area (Å²) in [6, 6.07) is 4.92. The van der Waals surface area contributed by atoms with Gasteiger partial charge in [0.1, 0.15) is 0 Å². The number of benzene rings is 1. The summed E-state index contributed by atoms with van der Waals surface area (Å²) in [6.45, 7) is 6.04. The SMILES string of the molecule is CCCC[Si](C)(C)c1ccc(C(O)(C(F)(F)F)C(F)(F)F)cc1. The number of alkyl halides is 6. The first-order chi connectivity index (χ1) is 10.3. The molecule has 0 aromatic heterocycles. The molecular weight excluding hydrogens is 338 g/mol. The highest BCUT2D eigenvalue weighted by molar-refractivity contribution is 6.89. The van der Waals surface area contributed by atoms with E-state index in [-0.39, 0.29) is 0 Å². The van der Waals surface area contributed by atoms with Crippen LogP contribution < -0.4 is 5.19 Å². The van der Waals surface area contributed by atoms with Gasteiger partial charge in [-0.2, -0.15) is 26.3 Å². The maximum absolute atomic E-state index is 12.8. The lowest BCUT2D eigenvalue weighted by Crippen LogP contribution is -2.54. The van der Waals surface area contributed by atoms with Crippen molar-refractivity contribution in [3.8, 4) is 0 Å². The lowest BCUT2D eigenvalue weighted by atomic mass is 9.92. The van der Waals surface area contributed by atoms with Crippen molar-refractivity contribution in [2.75, 3.05) is 0 Å². The van der Waals surface area contributed by atoms with E-state index >= 15 is 0 Å². The zero-order valence-corrected chi connectivity index (χ0v) is 14.1. The lowest BCUT2D eigenvalue weighted by Gasteiger charge is -2.33. The molecule has 0 saturated carbocycles. The van der Waals surface area contributed by atoms with Gasteiger partial charge in [-0.05, 0) is 0 Å². The normalized spacial score (nSPS) is 14.2. The van der Waals surface area contributed by atoms with E-state index < -0.39 is 31.6 Å². The van der Waals surface area contributed by atoms with Crippen molar-refractivity contribution in [2.24, 2.45) is 0 Å². The van der Waals surface area contributed by atoms with Crippen molar-refractivity contribution in [2.45, 2.75) is 56.9 Å². The number of halogens is 6. The van der Waals surface area contributed by atoms with E-state index in [4.69, 9.17) is 0 Å². The smallest absolute Gasteiger partial charge is 0.369 e. The molecule has 0 radical (unpaired) electrons. The number of hydrogen-bond acceptors (Lipinski definition) is 1. The van der Waals surface area contributed by atoms with E-state index in [1.807, 2.05) is 20.0 Å². The maximum Gasteiger partial charge on any atom is 0.430 e. The van der Waals surface area contributed by atoms with Crippen LogP contribution in [0.1, 0.15) is 25.3 Å². The summed E-state index contributed by atoms with van der Waals surface area (Å²) in [5, 5.41) is 10.1. The highest BCUT2D eigenvalue weighted by Gasteiger charge is 2.71. The van der Waals surface area contributed by atoms with E-state index in [9.17, 15) is 31.4 Å². The molecule has 0 fully saturated rings. The molecule has 0 bridgehead atoms. The van der Waals surface area contributed by atoms with Crippen molar-refractivity contribution in [3.05, 3.63) is 29.8 Å². The average molecular weight is 358 g/mol. The van der Waals surface area contributed by atoms with Crippen LogP contribution in [0.5, 0.6) is 0 Å². The number of hydrogen-bond donors (Lipinski definition) is 1. The Morgan fingerprint density at radius 2 is 1.35 bits per heavy atom. The van der Waals surface area contributed by atoms with Gasteiger partial charge in [-0.25, -0.2) is 0 Å². The van der Waals surface area contributed by atoms with E-state index in [1.54, 1.807) is 0 Å². The second-order valence-electron chi connectivity index (χ2n) is 6.27. The fraction of sp³-hybridized carbons (Fsp3) is 0.600. The second kappa shape index (κ2) is 6.47. The van der Waals surface area contributed by atoms with Gasteiger partial charge in [0.25, 0.3) is 5.60 Å². The Morgan fingerprint density at radius 1 is 0.913 bits per heavy atom. The molecule has 0 saturated heterocycles. The van der Waals surface area contributed by atoms with Crippen molar-refractivity contribution < 1.29 is 31.4 Å². The molecule has 132 valence electrons. The molecule has 1 nitrogen and oxygen atoms in total. The van der Waals surface area contributed by atoms with E-state index in [2.05, 4.69) is 0 Å². The van der Waals surface area contributed by atoms with Crippen molar-refractivity contribution >= 4 is 13.3 Å². The zero-order valence-electron chi connectivity index (χ0n) is 13.1. The Hall–Kier alpha value is -1.02. The van der Waals surface area contributed by atoms with Crippen LogP contribution in [0.2, 0.25) is 19.1 Å². The van der Waals surface area contributed by atoms with Crippen LogP contribution in [0.15, 0.2) is 24.3 Å². The molecule has 0 atom stereocenters. The molecule has 1 aromatic rings. The Morgan fingerprint density at radius 3 is 1.70 bits per heavy atom. The summed E-state index contributed by atoms with van der Waals surface area (Å²) in [7, 11) is -1.92. The van der Waals surface area contributed by atoms with Crippen LogP contribution in [0.25, 0.3) is 0 Å². The Bertz CT molecular complexity index is 504. The van der Waals surface area contributed by atoms with Gasteiger partial charge in [-0.3, -0.25) is 0 Å². The van der Waals surface area contributed by atoms with E-state index in [0.29, 0.717) is 0 Å². The van der Waals surface area contributed by atoms with Gasteiger partial charge < -0.3 is 5.11 Å². The summed E-state index contributed by atoms with van der Waals surface area (Å²) in [4.78, 5) is 0. The molecule has 1 aromatic carbocycles. The average Bonchev–Trinajstić information content (AvgIpc) is 2.42. The lowest BCUT2D eigenvalue weighted by molar-refractivity contribution is -0.376. The highest BCUT2D eigenvalue weighted by atomic mass is 28.3. The number of unbranched alkanes of at least 4 members (excludes halogenated alkanes) is 1. The summed E-state index contributed by atoms with van der Waals surface area (Å²) >= 11 is 0. The van der Waals surface area contributed by atoms with Gasteiger partial charge in [0.05, 0.1) is 8.07 Å². The first-order valence-corrected chi connectivity index (χ1v) is 10.4. The van der Waals surface area contributed by atoms with E-state index in [1.165, 1.54) is 12.1 Å². The molecule has 0 unspecified atom stereocenters. The summed E-state index contributed by atoms with van der Waals surface area (Å²) in [5.41, 5.74) is -6.06. The standard InChI is InChI=1S/C15H20F6OSi/c1-4-5-10-23(2,3)12-8-6-11(7-9-12)13(22,14(16,17)18)15(19,20)21/h6-9,22H,4-5,10H2,1-3H3. The monoisotopic (exact) mass is 358 g/mol. The Kier molecular flexibility index (Phi) is 5.63. The maximum atomic E-state index is 12.8. The number of aliphatic hydroxyl groups is 1. The molecule has 0 aliphatic rings. The molecular formula is C15H20F6OSi. The predicted molar refractivity (Wildman–Crippen MR) is 79.3 cm³/mol. The van der Waals surface area contributed by atoms with Crippen LogP contribution in [-0.2, 0) is 5.60 Å². The fourth-order valence-electron chi connectivity index (χ4n) is 2.41.